The normalized spacial score (nSPS) is 12.2. The van der Waals surface area contributed by atoms with Crippen molar-refractivity contribution in [2.45, 2.75) is 19.4 Å². The van der Waals surface area contributed by atoms with Gasteiger partial charge in [-0.05, 0) is 24.6 Å². The number of rotatable bonds is 5. The Labute approximate surface area is 122 Å². The van der Waals surface area contributed by atoms with E-state index in [0.29, 0.717) is 6.61 Å². The summed E-state index contributed by atoms with van der Waals surface area (Å²) in [6.45, 7) is 2.62. The second kappa shape index (κ2) is 6.73. The lowest BCUT2D eigenvalue weighted by atomic mass is 10.1. The van der Waals surface area contributed by atoms with Crippen LogP contribution in [0.15, 0.2) is 53.0 Å². The summed E-state index contributed by atoms with van der Waals surface area (Å²) in [6.07, 6.45) is 0.895. The molecule has 0 heterocycles. The molecule has 2 rings (SSSR count). The van der Waals surface area contributed by atoms with Crippen molar-refractivity contribution in [2.24, 2.45) is 5.73 Å². The van der Waals surface area contributed by atoms with Crippen molar-refractivity contribution >= 4 is 15.9 Å². The van der Waals surface area contributed by atoms with E-state index < -0.39 is 0 Å². The van der Waals surface area contributed by atoms with E-state index in [2.05, 4.69) is 28.1 Å². The number of nitrogens with two attached hydrogens (primary N) is 1. The standard InChI is InChI=1S/C16H18BrNO/c1-12(18)15-8-7-14(17)11-16(15)19-10-9-13-5-3-2-4-6-13/h2-8,11-12H,9-10,18H2,1H3/t12-/m0/s1. The molecular weight excluding hydrogens is 302 g/mol. The van der Waals surface area contributed by atoms with Gasteiger partial charge in [-0.3, -0.25) is 0 Å². The number of hydrogen-bond donors (Lipinski definition) is 1. The third-order valence-corrected chi connectivity index (χ3v) is 3.45. The van der Waals surface area contributed by atoms with Crippen LogP contribution in [0.1, 0.15) is 24.1 Å². The van der Waals surface area contributed by atoms with Crippen LogP contribution in [0.25, 0.3) is 0 Å². The first-order valence-corrected chi connectivity index (χ1v) is 7.18. The van der Waals surface area contributed by atoms with E-state index in [1.807, 2.05) is 43.3 Å². The molecule has 0 saturated heterocycles. The van der Waals surface area contributed by atoms with Crippen LogP contribution < -0.4 is 10.5 Å². The van der Waals surface area contributed by atoms with Crippen molar-refractivity contribution < 1.29 is 4.74 Å². The maximum Gasteiger partial charge on any atom is 0.125 e. The summed E-state index contributed by atoms with van der Waals surface area (Å²) in [7, 11) is 0. The van der Waals surface area contributed by atoms with Crippen molar-refractivity contribution in [3.05, 3.63) is 64.1 Å². The van der Waals surface area contributed by atoms with Gasteiger partial charge in [-0.25, -0.2) is 0 Å². The molecule has 0 bridgehead atoms. The summed E-state index contributed by atoms with van der Waals surface area (Å²) in [5.41, 5.74) is 8.27. The summed E-state index contributed by atoms with van der Waals surface area (Å²) in [6, 6.07) is 16.3. The van der Waals surface area contributed by atoms with Crippen LogP contribution in [0.3, 0.4) is 0 Å². The maximum atomic E-state index is 5.95. The van der Waals surface area contributed by atoms with Crippen molar-refractivity contribution in [1.29, 1.82) is 0 Å². The highest BCUT2D eigenvalue weighted by Gasteiger charge is 2.08. The lowest BCUT2D eigenvalue weighted by Gasteiger charge is -2.14. The summed E-state index contributed by atoms with van der Waals surface area (Å²) >= 11 is 3.46. The zero-order valence-electron chi connectivity index (χ0n) is 11.0. The van der Waals surface area contributed by atoms with Gasteiger partial charge in [0.1, 0.15) is 5.75 Å². The van der Waals surface area contributed by atoms with Gasteiger partial charge in [-0.15, -0.1) is 0 Å². The van der Waals surface area contributed by atoms with E-state index in [-0.39, 0.29) is 6.04 Å². The first kappa shape index (κ1) is 14.1. The zero-order valence-corrected chi connectivity index (χ0v) is 12.6. The smallest absolute Gasteiger partial charge is 0.125 e. The van der Waals surface area contributed by atoms with Gasteiger partial charge >= 0.3 is 0 Å². The van der Waals surface area contributed by atoms with Crippen molar-refractivity contribution in [1.82, 2.24) is 0 Å². The highest BCUT2D eigenvalue weighted by molar-refractivity contribution is 9.10. The molecule has 1 atom stereocenters. The largest absolute Gasteiger partial charge is 0.493 e. The molecule has 0 unspecified atom stereocenters. The minimum atomic E-state index is -0.0279. The van der Waals surface area contributed by atoms with E-state index in [1.165, 1.54) is 5.56 Å². The Morgan fingerprint density at radius 2 is 1.89 bits per heavy atom. The molecule has 2 nitrogen and oxygen atoms in total. The quantitative estimate of drug-likeness (QED) is 0.900. The van der Waals surface area contributed by atoms with Crippen LogP contribution in [-0.4, -0.2) is 6.61 Å². The SMILES string of the molecule is C[C@H](N)c1ccc(Br)cc1OCCc1ccccc1. The van der Waals surface area contributed by atoms with Gasteiger partial charge < -0.3 is 10.5 Å². The summed E-state index contributed by atoms with van der Waals surface area (Å²) in [5.74, 6) is 0.861. The molecule has 2 N–H and O–H groups in total. The molecule has 2 aromatic rings. The van der Waals surface area contributed by atoms with Crippen molar-refractivity contribution in [2.75, 3.05) is 6.61 Å². The third-order valence-electron chi connectivity index (χ3n) is 2.96. The number of ether oxygens (including phenoxy) is 1. The minimum absolute atomic E-state index is 0.0279. The van der Waals surface area contributed by atoms with Crippen molar-refractivity contribution in [3.8, 4) is 5.75 Å². The van der Waals surface area contributed by atoms with Gasteiger partial charge in [0.25, 0.3) is 0 Å². The molecule has 3 heteroatoms. The Kier molecular flexibility index (Phi) is 5.00. The fourth-order valence-electron chi connectivity index (χ4n) is 1.93. The third kappa shape index (κ3) is 4.08. The van der Waals surface area contributed by atoms with Crippen LogP contribution >= 0.6 is 15.9 Å². The molecule has 0 saturated carbocycles. The Bertz CT molecular complexity index is 526. The first-order chi connectivity index (χ1) is 9.16. The van der Waals surface area contributed by atoms with E-state index in [9.17, 15) is 0 Å². The molecule has 0 radical (unpaired) electrons. The number of benzene rings is 2. The molecule has 0 fully saturated rings. The van der Waals surface area contributed by atoms with E-state index in [4.69, 9.17) is 10.5 Å². The van der Waals surface area contributed by atoms with Gasteiger partial charge in [0.05, 0.1) is 6.61 Å². The molecule has 0 aliphatic carbocycles. The number of halogens is 1. The van der Waals surface area contributed by atoms with Crippen LogP contribution in [-0.2, 0) is 6.42 Å². The van der Waals surface area contributed by atoms with Gasteiger partial charge in [-0.1, -0.05) is 52.3 Å². The van der Waals surface area contributed by atoms with Crippen molar-refractivity contribution in [3.63, 3.8) is 0 Å². The highest BCUT2D eigenvalue weighted by Crippen LogP contribution is 2.27. The van der Waals surface area contributed by atoms with E-state index >= 15 is 0 Å². The fraction of sp³-hybridized carbons (Fsp3) is 0.250. The molecule has 0 aliphatic heterocycles. The maximum absolute atomic E-state index is 5.95. The molecule has 0 aliphatic rings. The summed E-state index contributed by atoms with van der Waals surface area (Å²) < 4.78 is 6.88. The second-order valence-electron chi connectivity index (χ2n) is 4.55. The van der Waals surface area contributed by atoms with Crippen LogP contribution in [0, 0.1) is 0 Å². The predicted octanol–water partition coefficient (Wildman–Crippen LogP) is 4.09. The molecular formula is C16H18BrNO. The first-order valence-electron chi connectivity index (χ1n) is 6.38. The molecule has 2 aromatic carbocycles. The van der Waals surface area contributed by atoms with Gasteiger partial charge in [0, 0.05) is 22.5 Å². The molecule has 0 amide bonds. The topological polar surface area (TPSA) is 35.2 Å². The fourth-order valence-corrected chi connectivity index (χ4v) is 2.27. The minimum Gasteiger partial charge on any atom is -0.493 e. The van der Waals surface area contributed by atoms with Gasteiger partial charge in [0.15, 0.2) is 0 Å². The lowest BCUT2D eigenvalue weighted by molar-refractivity contribution is 0.317. The van der Waals surface area contributed by atoms with Gasteiger partial charge in [-0.2, -0.15) is 0 Å². The Morgan fingerprint density at radius 3 is 2.58 bits per heavy atom. The Morgan fingerprint density at radius 1 is 1.16 bits per heavy atom. The average molecular weight is 320 g/mol. The average Bonchev–Trinajstić information content (AvgIpc) is 2.39. The molecule has 0 spiro atoms. The summed E-state index contributed by atoms with van der Waals surface area (Å²) in [4.78, 5) is 0. The monoisotopic (exact) mass is 319 g/mol. The van der Waals surface area contributed by atoms with Crippen LogP contribution in [0.2, 0.25) is 0 Å². The Hall–Kier alpha value is -1.32. The van der Waals surface area contributed by atoms with Gasteiger partial charge in [0.2, 0.25) is 0 Å². The van der Waals surface area contributed by atoms with Crippen LogP contribution in [0.4, 0.5) is 0 Å². The van der Waals surface area contributed by atoms with E-state index in [1.54, 1.807) is 0 Å². The molecule has 100 valence electrons. The van der Waals surface area contributed by atoms with E-state index in [0.717, 1.165) is 22.2 Å². The molecule has 19 heavy (non-hydrogen) atoms. The number of hydrogen-bond acceptors (Lipinski definition) is 2. The highest BCUT2D eigenvalue weighted by atomic mass is 79.9. The lowest BCUT2D eigenvalue weighted by Crippen LogP contribution is -2.09. The Balaban J connectivity index is 2.01. The predicted molar refractivity (Wildman–Crippen MR) is 82.4 cm³/mol. The van der Waals surface area contributed by atoms with Crippen LogP contribution in [0.5, 0.6) is 5.75 Å². The second-order valence-corrected chi connectivity index (χ2v) is 5.47. The molecule has 0 aromatic heterocycles. The zero-order chi connectivity index (χ0) is 13.7. The summed E-state index contributed by atoms with van der Waals surface area (Å²) in [5, 5.41) is 0.